The smallest absolute Gasteiger partial charge is 0.306 e. The van der Waals surface area contributed by atoms with Crippen LogP contribution in [0.1, 0.15) is 457 Å². The number of unbranched alkanes of at least 4 members (excludes halogenated alkanes) is 62. The molecule has 0 aliphatic rings. The first-order chi connectivity index (χ1) is 41.0. The quantitative estimate of drug-likeness (QED) is 0.0343. The Morgan fingerprint density at radius 1 is 0.193 bits per heavy atom. The zero-order chi connectivity index (χ0) is 59.9. The van der Waals surface area contributed by atoms with Crippen LogP contribution in [0.25, 0.3) is 0 Å². The summed E-state index contributed by atoms with van der Waals surface area (Å²) in [5.74, 6) is -0.812. The molecule has 6 heteroatoms. The molecule has 0 aromatic rings. The topological polar surface area (TPSA) is 78.9 Å². The summed E-state index contributed by atoms with van der Waals surface area (Å²) in [6.45, 7) is 6.77. The van der Waals surface area contributed by atoms with E-state index >= 15 is 0 Å². The average Bonchev–Trinajstić information content (AvgIpc) is 3.49. The predicted molar refractivity (Wildman–Crippen MR) is 363 cm³/mol. The highest BCUT2D eigenvalue weighted by atomic mass is 16.6. The Bertz CT molecular complexity index is 1250. The van der Waals surface area contributed by atoms with E-state index in [1.165, 1.54) is 360 Å². The van der Waals surface area contributed by atoms with E-state index in [9.17, 15) is 14.4 Å². The molecule has 0 saturated heterocycles. The minimum Gasteiger partial charge on any atom is -0.462 e. The molecule has 0 amide bonds. The van der Waals surface area contributed by atoms with Crippen molar-refractivity contribution >= 4 is 17.9 Å². The van der Waals surface area contributed by atoms with Crippen molar-refractivity contribution in [1.82, 2.24) is 0 Å². The van der Waals surface area contributed by atoms with Gasteiger partial charge in [0.05, 0.1) is 0 Å². The van der Waals surface area contributed by atoms with E-state index in [0.29, 0.717) is 19.3 Å². The highest BCUT2D eigenvalue weighted by molar-refractivity contribution is 5.71. The van der Waals surface area contributed by atoms with E-state index in [1.807, 2.05) is 0 Å². The molecule has 83 heavy (non-hydrogen) atoms. The fourth-order valence-electron chi connectivity index (χ4n) is 12.3. The highest BCUT2D eigenvalue weighted by Gasteiger charge is 2.20. The van der Waals surface area contributed by atoms with Crippen LogP contribution >= 0.6 is 0 Å². The highest BCUT2D eigenvalue weighted by Crippen LogP contribution is 2.20. The summed E-state index contributed by atoms with van der Waals surface area (Å²) in [6.07, 6.45) is 87.2. The number of hydrogen-bond acceptors (Lipinski definition) is 6. The van der Waals surface area contributed by atoms with Gasteiger partial charge in [0.15, 0.2) is 6.10 Å². The first-order valence-electron chi connectivity index (χ1n) is 38.5. The van der Waals surface area contributed by atoms with Crippen LogP contribution in [0.4, 0.5) is 0 Å². The Labute approximate surface area is 520 Å². The Morgan fingerprint density at radius 3 is 0.482 bits per heavy atom. The third kappa shape index (κ3) is 71.1. The average molecular weight is 1170 g/mol. The van der Waals surface area contributed by atoms with Crippen molar-refractivity contribution in [3.8, 4) is 0 Å². The second-order valence-corrected chi connectivity index (χ2v) is 26.6. The van der Waals surface area contributed by atoms with Gasteiger partial charge in [0.25, 0.3) is 0 Å². The van der Waals surface area contributed by atoms with E-state index in [-0.39, 0.29) is 31.1 Å². The van der Waals surface area contributed by atoms with Crippen molar-refractivity contribution in [2.75, 3.05) is 13.2 Å². The molecule has 0 saturated carbocycles. The fourth-order valence-corrected chi connectivity index (χ4v) is 12.3. The van der Waals surface area contributed by atoms with E-state index in [0.717, 1.165) is 57.8 Å². The van der Waals surface area contributed by atoms with E-state index in [4.69, 9.17) is 14.2 Å². The molecule has 0 radical (unpaired) electrons. The van der Waals surface area contributed by atoms with Gasteiger partial charge in [-0.1, -0.05) is 419 Å². The summed E-state index contributed by atoms with van der Waals surface area (Å²) < 4.78 is 17.1. The number of hydrogen-bond donors (Lipinski definition) is 0. The maximum atomic E-state index is 13.0. The fraction of sp³-hybridized carbons (Fsp3) is 0.961. The normalized spacial score (nSPS) is 11.9. The third-order valence-corrected chi connectivity index (χ3v) is 18.1. The molecule has 0 heterocycles. The van der Waals surface area contributed by atoms with Gasteiger partial charge in [-0.2, -0.15) is 0 Å². The van der Waals surface area contributed by atoms with Crippen molar-refractivity contribution < 1.29 is 28.6 Å². The molecular weight excluding hydrogens is 1020 g/mol. The molecule has 494 valence electrons. The van der Waals surface area contributed by atoms with Crippen LogP contribution in [0.3, 0.4) is 0 Å². The molecule has 0 aromatic heterocycles. The standard InChI is InChI=1S/C77H150O6/c1-4-7-10-13-16-19-22-25-28-31-34-36-38-39-41-43-46-49-52-55-58-61-64-67-70-76(79)82-73-74(72-81-75(78)69-66-63-60-57-54-51-48-45-42-33-30-27-24-21-18-15-12-9-6-3)83-77(80)71-68-65-62-59-56-53-50-47-44-40-37-35-32-29-26-23-20-17-14-11-8-5-2/h74H,4-73H2,1-3H3. The SMILES string of the molecule is CCCCCCCCCCCCCCCCCCCCCCCCCCC(=O)OCC(COC(=O)CCCCCCCCCCCCCCCCCCCCC)OC(=O)CCCCCCCCCCCCCCCCCCCCCCCC. The van der Waals surface area contributed by atoms with Gasteiger partial charge in [0, 0.05) is 19.3 Å². The first-order valence-corrected chi connectivity index (χ1v) is 38.5. The van der Waals surface area contributed by atoms with E-state index in [2.05, 4.69) is 20.8 Å². The lowest BCUT2D eigenvalue weighted by atomic mass is 10.0. The summed E-state index contributed by atoms with van der Waals surface area (Å²) in [6, 6.07) is 0. The van der Waals surface area contributed by atoms with Crippen molar-refractivity contribution in [1.29, 1.82) is 0 Å². The number of carbonyl (C=O) groups is 3. The zero-order valence-electron chi connectivity index (χ0n) is 57.0. The van der Waals surface area contributed by atoms with Crippen molar-refractivity contribution in [3.63, 3.8) is 0 Å². The number of rotatable bonds is 73. The van der Waals surface area contributed by atoms with Gasteiger partial charge in [-0.3, -0.25) is 14.4 Å². The number of esters is 3. The van der Waals surface area contributed by atoms with Gasteiger partial charge < -0.3 is 14.2 Å². The second-order valence-electron chi connectivity index (χ2n) is 26.6. The minimum absolute atomic E-state index is 0.0597. The zero-order valence-corrected chi connectivity index (χ0v) is 57.0. The van der Waals surface area contributed by atoms with E-state index < -0.39 is 6.10 Å². The minimum atomic E-state index is -0.764. The molecule has 0 fully saturated rings. The summed E-state index contributed by atoms with van der Waals surface area (Å²) in [5, 5.41) is 0. The molecule has 0 aliphatic carbocycles. The van der Waals surface area contributed by atoms with Gasteiger partial charge in [-0.05, 0) is 19.3 Å². The van der Waals surface area contributed by atoms with Crippen LogP contribution in [-0.2, 0) is 28.6 Å². The van der Waals surface area contributed by atoms with Crippen molar-refractivity contribution in [3.05, 3.63) is 0 Å². The lowest BCUT2D eigenvalue weighted by Gasteiger charge is -2.18. The summed E-state index contributed by atoms with van der Waals surface area (Å²) >= 11 is 0. The largest absolute Gasteiger partial charge is 0.462 e. The third-order valence-electron chi connectivity index (χ3n) is 18.1. The predicted octanol–water partition coefficient (Wildman–Crippen LogP) is 26.6. The lowest BCUT2D eigenvalue weighted by molar-refractivity contribution is -0.167. The van der Waals surface area contributed by atoms with Crippen LogP contribution in [-0.4, -0.2) is 37.2 Å². The van der Waals surface area contributed by atoms with Crippen LogP contribution in [0.5, 0.6) is 0 Å². The maximum Gasteiger partial charge on any atom is 0.306 e. The van der Waals surface area contributed by atoms with Crippen molar-refractivity contribution in [2.45, 2.75) is 463 Å². The first kappa shape index (κ1) is 81.4. The monoisotopic (exact) mass is 1170 g/mol. The number of carbonyl (C=O) groups excluding carboxylic acids is 3. The Kier molecular flexibility index (Phi) is 71.5. The van der Waals surface area contributed by atoms with Gasteiger partial charge >= 0.3 is 17.9 Å². The molecule has 0 rings (SSSR count). The number of ether oxygens (including phenoxy) is 3. The van der Waals surface area contributed by atoms with Crippen LogP contribution in [0.2, 0.25) is 0 Å². The van der Waals surface area contributed by atoms with E-state index in [1.54, 1.807) is 0 Å². The molecule has 0 aromatic carbocycles. The Balaban J connectivity index is 4.25. The molecule has 0 aliphatic heterocycles. The van der Waals surface area contributed by atoms with Crippen LogP contribution in [0.15, 0.2) is 0 Å². The molecule has 6 nitrogen and oxygen atoms in total. The maximum absolute atomic E-state index is 13.0. The molecular formula is C77H150O6. The summed E-state index contributed by atoms with van der Waals surface area (Å²) in [5.41, 5.74) is 0. The Morgan fingerprint density at radius 2 is 0.325 bits per heavy atom. The van der Waals surface area contributed by atoms with Gasteiger partial charge in [0.1, 0.15) is 13.2 Å². The molecule has 1 unspecified atom stereocenters. The molecule has 0 spiro atoms. The summed E-state index contributed by atoms with van der Waals surface area (Å²) in [4.78, 5) is 38.6. The van der Waals surface area contributed by atoms with Crippen LogP contribution in [0, 0.1) is 0 Å². The Hall–Kier alpha value is -1.59. The molecule has 0 N–H and O–H groups in total. The van der Waals surface area contributed by atoms with Crippen LogP contribution < -0.4 is 0 Å². The van der Waals surface area contributed by atoms with Gasteiger partial charge in [-0.15, -0.1) is 0 Å². The second kappa shape index (κ2) is 72.9. The van der Waals surface area contributed by atoms with Gasteiger partial charge in [-0.25, -0.2) is 0 Å². The molecule has 0 bridgehead atoms. The lowest BCUT2D eigenvalue weighted by Crippen LogP contribution is -2.30. The van der Waals surface area contributed by atoms with Crippen molar-refractivity contribution in [2.24, 2.45) is 0 Å². The van der Waals surface area contributed by atoms with Gasteiger partial charge in [0.2, 0.25) is 0 Å². The molecule has 1 atom stereocenters. The summed E-state index contributed by atoms with van der Waals surface area (Å²) in [7, 11) is 0.